The van der Waals surface area contributed by atoms with E-state index in [4.69, 9.17) is 18.9 Å². The van der Waals surface area contributed by atoms with Gasteiger partial charge in [0.15, 0.2) is 18.5 Å². The molecule has 1 aliphatic rings. The Balaban J connectivity index is 3.11. The summed E-state index contributed by atoms with van der Waals surface area (Å²) in [6.45, 7) is 4.28. The summed E-state index contributed by atoms with van der Waals surface area (Å²) in [4.78, 5) is 45.0. The van der Waals surface area contributed by atoms with Crippen LogP contribution in [0, 0.1) is 0 Å². The molecule has 10 nitrogen and oxygen atoms in total. The van der Waals surface area contributed by atoms with E-state index in [1.165, 1.54) is 13.8 Å². The van der Waals surface area contributed by atoms with Gasteiger partial charge in [-0.05, 0) is 0 Å². The van der Waals surface area contributed by atoms with Crippen LogP contribution in [0.1, 0.15) is 27.7 Å². The average molecular weight is 347 g/mol. The number of hydrogen-bond donors (Lipinski definition) is 2. The number of ether oxygens (including phenoxy) is 4. The van der Waals surface area contributed by atoms with Crippen molar-refractivity contribution in [1.29, 1.82) is 0 Å². The van der Waals surface area contributed by atoms with Crippen LogP contribution in [0.25, 0.3) is 0 Å². The van der Waals surface area contributed by atoms with E-state index >= 15 is 0 Å². The van der Waals surface area contributed by atoms with Crippen molar-refractivity contribution in [3.63, 3.8) is 0 Å². The molecular weight excluding hydrogens is 326 g/mol. The predicted molar refractivity (Wildman–Crippen MR) is 76.2 cm³/mol. The highest BCUT2D eigenvalue weighted by atomic mass is 16.7. The van der Waals surface area contributed by atoms with Gasteiger partial charge in [-0.15, -0.1) is 0 Å². The number of aliphatic hydroxyl groups is 1. The molecule has 0 aliphatic carbocycles. The highest BCUT2D eigenvalue weighted by molar-refractivity contribution is 5.73. The first kappa shape index (κ1) is 19.8. The number of aliphatic hydroxyl groups excluding tert-OH is 1. The minimum Gasteiger partial charge on any atom is -0.463 e. The van der Waals surface area contributed by atoms with Gasteiger partial charge in [0.2, 0.25) is 5.91 Å². The Morgan fingerprint density at radius 1 is 0.958 bits per heavy atom. The van der Waals surface area contributed by atoms with Crippen LogP contribution in [0.2, 0.25) is 0 Å². The smallest absolute Gasteiger partial charge is 0.303 e. The van der Waals surface area contributed by atoms with E-state index in [-0.39, 0.29) is 6.61 Å². The number of hydrogen-bond acceptors (Lipinski definition) is 9. The molecule has 0 aromatic heterocycles. The highest BCUT2D eigenvalue weighted by Crippen LogP contribution is 2.26. The zero-order valence-electron chi connectivity index (χ0n) is 13.8. The summed E-state index contributed by atoms with van der Waals surface area (Å²) in [5, 5.41) is 12.5. The van der Waals surface area contributed by atoms with Crippen molar-refractivity contribution in [2.24, 2.45) is 0 Å². The number of esters is 3. The second-order valence-corrected chi connectivity index (χ2v) is 5.24. The normalized spacial score (nSPS) is 29.3. The van der Waals surface area contributed by atoms with Gasteiger partial charge >= 0.3 is 17.9 Å². The Kier molecular flexibility index (Phi) is 7.11. The predicted octanol–water partition coefficient (Wildman–Crippen LogP) is -1.37. The SMILES string of the molecule is CC(=O)N[C@@H]1C(OC(C)=O)[C@@H](OC(C)=O)C(COC(C)=O)O[C@H]1O. The van der Waals surface area contributed by atoms with Gasteiger partial charge in [0.05, 0.1) is 0 Å². The van der Waals surface area contributed by atoms with Crippen LogP contribution in [-0.2, 0) is 38.1 Å². The van der Waals surface area contributed by atoms with Crippen molar-refractivity contribution >= 4 is 23.8 Å². The molecule has 2 N–H and O–H groups in total. The van der Waals surface area contributed by atoms with Crippen molar-refractivity contribution in [3.05, 3.63) is 0 Å². The molecule has 1 fully saturated rings. The molecule has 1 amide bonds. The quantitative estimate of drug-likeness (QED) is 0.456. The Morgan fingerprint density at radius 2 is 1.50 bits per heavy atom. The molecule has 136 valence electrons. The van der Waals surface area contributed by atoms with Crippen LogP contribution in [-0.4, -0.2) is 66.2 Å². The molecule has 0 aromatic carbocycles. The van der Waals surface area contributed by atoms with E-state index in [1.54, 1.807) is 0 Å². The molecule has 0 bridgehead atoms. The molecule has 0 spiro atoms. The van der Waals surface area contributed by atoms with Gasteiger partial charge in [0.25, 0.3) is 0 Å². The third kappa shape index (κ3) is 5.78. The standard InChI is InChI=1S/C14H21NO9/c1-6(16)15-11-13(23-9(4)19)12(22-8(3)18)10(24-14(11)20)5-21-7(2)17/h10-14,20H,5H2,1-4H3,(H,15,16)/t10?,11-,12+,13?,14-/m1/s1. The molecule has 5 atom stereocenters. The molecule has 1 aliphatic heterocycles. The molecule has 10 heteroatoms. The molecule has 0 radical (unpaired) electrons. The fourth-order valence-corrected chi connectivity index (χ4v) is 2.31. The first-order chi connectivity index (χ1) is 11.1. The number of carbonyl (C=O) groups is 4. The van der Waals surface area contributed by atoms with E-state index in [1.807, 2.05) is 0 Å². The van der Waals surface area contributed by atoms with E-state index in [9.17, 15) is 24.3 Å². The lowest BCUT2D eigenvalue weighted by molar-refractivity contribution is -0.264. The first-order valence-electron chi connectivity index (χ1n) is 7.20. The molecule has 2 unspecified atom stereocenters. The van der Waals surface area contributed by atoms with Crippen LogP contribution >= 0.6 is 0 Å². The topological polar surface area (TPSA) is 137 Å². The minimum atomic E-state index is -1.56. The zero-order chi connectivity index (χ0) is 18.4. The minimum absolute atomic E-state index is 0.338. The number of rotatable bonds is 5. The fourth-order valence-electron chi connectivity index (χ4n) is 2.31. The summed E-state index contributed by atoms with van der Waals surface area (Å²) in [5.74, 6) is -2.54. The third-order valence-corrected chi connectivity index (χ3v) is 3.09. The summed E-state index contributed by atoms with van der Waals surface area (Å²) in [7, 11) is 0. The van der Waals surface area contributed by atoms with E-state index < -0.39 is 54.5 Å². The van der Waals surface area contributed by atoms with E-state index in [0.29, 0.717) is 0 Å². The average Bonchev–Trinajstić information content (AvgIpc) is 2.42. The van der Waals surface area contributed by atoms with Gasteiger partial charge in [-0.25, -0.2) is 0 Å². The van der Waals surface area contributed by atoms with Crippen LogP contribution in [0.5, 0.6) is 0 Å². The summed E-state index contributed by atoms with van der Waals surface area (Å²) >= 11 is 0. The zero-order valence-corrected chi connectivity index (χ0v) is 13.8. The van der Waals surface area contributed by atoms with Gasteiger partial charge in [0, 0.05) is 27.7 Å². The molecule has 0 aromatic rings. The largest absolute Gasteiger partial charge is 0.463 e. The van der Waals surface area contributed by atoms with Crippen molar-refractivity contribution in [2.45, 2.75) is 58.3 Å². The first-order valence-corrected chi connectivity index (χ1v) is 7.20. The van der Waals surface area contributed by atoms with Crippen LogP contribution in [0.4, 0.5) is 0 Å². The maximum Gasteiger partial charge on any atom is 0.303 e. The van der Waals surface area contributed by atoms with Crippen molar-refractivity contribution < 1.29 is 43.2 Å². The van der Waals surface area contributed by atoms with Gasteiger partial charge < -0.3 is 29.4 Å². The lowest BCUT2D eigenvalue weighted by atomic mass is 9.96. The second kappa shape index (κ2) is 8.60. The summed E-state index contributed by atoms with van der Waals surface area (Å²) < 4.78 is 20.3. The summed E-state index contributed by atoms with van der Waals surface area (Å²) in [5.41, 5.74) is 0. The lowest BCUT2D eigenvalue weighted by Gasteiger charge is -2.43. The Labute approximate surface area is 138 Å². The highest BCUT2D eigenvalue weighted by Gasteiger charge is 2.50. The maximum absolute atomic E-state index is 11.4. The molecule has 1 rings (SSSR count). The van der Waals surface area contributed by atoms with Gasteiger partial charge in [-0.1, -0.05) is 0 Å². The second-order valence-electron chi connectivity index (χ2n) is 5.24. The molecule has 24 heavy (non-hydrogen) atoms. The van der Waals surface area contributed by atoms with Crippen molar-refractivity contribution in [3.8, 4) is 0 Å². The summed E-state index contributed by atoms with van der Waals surface area (Å²) in [6.07, 6.45) is -5.06. The maximum atomic E-state index is 11.4. The van der Waals surface area contributed by atoms with Gasteiger partial charge in [-0.2, -0.15) is 0 Å². The Bertz CT molecular complexity index is 506. The van der Waals surface area contributed by atoms with E-state index in [0.717, 1.165) is 13.8 Å². The van der Waals surface area contributed by atoms with Crippen molar-refractivity contribution in [2.75, 3.05) is 6.61 Å². The van der Waals surface area contributed by atoms with Gasteiger partial charge in [0.1, 0.15) is 18.8 Å². The monoisotopic (exact) mass is 347 g/mol. The molecule has 0 saturated carbocycles. The van der Waals surface area contributed by atoms with Crippen LogP contribution in [0.3, 0.4) is 0 Å². The molecule has 1 saturated heterocycles. The molecular formula is C14H21NO9. The Morgan fingerprint density at radius 3 is 1.96 bits per heavy atom. The lowest BCUT2D eigenvalue weighted by Crippen LogP contribution is -2.66. The molecule has 1 heterocycles. The Hall–Kier alpha value is -2.20. The van der Waals surface area contributed by atoms with Crippen LogP contribution < -0.4 is 5.32 Å². The van der Waals surface area contributed by atoms with Crippen molar-refractivity contribution in [1.82, 2.24) is 5.32 Å². The number of carbonyl (C=O) groups excluding carboxylic acids is 4. The number of nitrogens with one attached hydrogen (secondary N) is 1. The fraction of sp³-hybridized carbons (Fsp3) is 0.714. The van der Waals surface area contributed by atoms with Crippen LogP contribution in [0.15, 0.2) is 0 Å². The third-order valence-electron chi connectivity index (χ3n) is 3.09. The summed E-state index contributed by atoms with van der Waals surface area (Å²) in [6, 6.07) is -1.16. The van der Waals surface area contributed by atoms with E-state index in [2.05, 4.69) is 5.32 Å². The van der Waals surface area contributed by atoms with Gasteiger partial charge in [-0.3, -0.25) is 19.2 Å². The number of amides is 1.